The van der Waals surface area contributed by atoms with Gasteiger partial charge >= 0.3 is 5.97 Å². The molecule has 0 aliphatic heterocycles. The molecule has 0 aromatic carbocycles. The molecule has 0 aliphatic carbocycles. The van der Waals surface area contributed by atoms with Gasteiger partial charge in [0.15, 0.2) is 4.88 Å². The highest BCUT2D eigenvalue weighted by Gasteiger charge is 2.18. The van der Waals surface area contributed by atoms with Crippen LogP contribution >= 0.6 is 11.5 Å². The van der Waals surface area contributed by atoms with Crippen molar-refractivity contribution in [2.24, 2.45) is 0 Å². The third-order valence-corrected chi connectivity index (χ3v) is 1.58. The number of carbonyl (C=O) groups is 1. The Kier molecular flexibility index (Phi) is 1.62. The summed E-state index contributed by atoms with van der Waals surface area (Å²) >= 11 is 0.285. The molecule has 0 bridgehead atoms. The fourth-order valence-corrected chi connectivity index (χ4v) is 0.887. The van der Waals surface area contributed by atoms with Crippen LogP contribution in [0.2, 0.25) is 0 Å². The van der Waals surface area contributed by atoms with Crippen molar-refractivity contribution in [2.75, 3.05) is 0 Å². The maximum absolute atomic E-state index is 12.2. The SMILES string of the molecule is O=C(O)c1snc(F)c1F. The Labute approximate surface area is 58.1 Å². The van der Waals surface area contributed by atoms with Gasteiger partial charge in [-0.1, -0.05) is 0 Å². The van der Waals surface area contributed by atoms with Crippen molar-refractivity contribution in [3.05, 3.63) is 16.6 Å². The lowest BCUT2D eigenvalue weighted by atomic mass is 10.5. The summed E-state index contributed by atoms with van der Waals surface area (Å²) in [5, 5.41) is 8.14. The van der Waals surface area contributed by atoms with Crippen LogP contribution in [0.4, 0.5) is 8.78 Å². The molecular weight excluding hydrogens is 164 g/mol. The van der Waals surface area contributed by atoms with E-state index in [4.69, 9.17) is 5.11 Å². The molecule has 0 spiro atoms. The molecule has 3 nitrogen and oxygen atoms in total. The van der Waals surface area contributed by atoms with Crippen molar-refractivity contribution in [1.82, 2.24) is 4.37 Å². The van der Waals surface area contributed by atoms with Crippen molar-refractivity contribution in [1.29, 1.82) is 0 Å². The van der Waals surface area contributed by atoms with E-state index in [2.05, 4.69) is 4.37 Å². The Morgan fingerprint density at radius 1 is 1.60 bits per heavy atom. The molecule has 1 aromatic heterocycles. The summed E-state index contributed by atoms with van der Waals surface area (Å²) in [4.78, 5) is 9.30. The first kappa shape index (κ1) is 7.07. The number of hydrogen-bond acceptors (Lipinski definition) is 3. The largest absolute Gasteiger partial charge is 0.477 e. The van der Waals surface area contributed by atoms with Crippen LogP contribution < -0.4 is 0 Å². The van der Waals surface area contributed by atoms with E-state index in [9.17, 15) is 13.6 Å². The fourth-order valence-electron chi connectivity index (χ4n) is 0.392. The number of carboxylic acids is 1. The van der Waals surface area contributed by atoms with Gasteiger partial charge in [-0.3, -0.25) is 0 Å². The summed E-state index contributed by atoms with van der Waals surface area (Å²) in [5.74, 6) is -4.25. The van der Waals surface area contributed by atoms with E-state index >= 15 is 0 Å². The summed E-state index contributed by atoms with van der Waals surface area (Å²) in [6.45, 7) is 0. The van der Waals surface area contributed by atoms with Gasteiger partial charge in [0.25, 0.3) is 5.95 Å². The van der Waals surface area contributed by atoms with Crippen molar-refractivity contribution in [3.8, 4) is 0 Å². The molecular formula is C4HF2NO2S. The summed E-state index contributed by atoms with van der Waals surface area (Å²) in [5.41, 5.74) is 0. The average Bonchev–Trinajstić information content (AvgIpc) is 2.14. The summed E-state index contributed by atoms with van der Waals surface area (Å²) < 4.78 is 27.0. The minimum Gasteiger partial charge on any atom is -0.477 e. The van der Waals surface area contributed by atoms with Crippen LogP contribution in [-0.2, 0) is 0 Å². The highest BCUT2D eigenvalue weighted by atomic mass is 32.1. The molecule has 0 atom stereocenters. The Morgan fingerprint density at radius 2 is 2.20 bits per heavy atom. The first-order valence-corrected chi connectivity index (χ1v) is 2.94. The molecule has 0 saturated carbocycles. The third-order valence-electron chi connectivity index (χ3n) is 0.792. The quantitative estimate of drug-likeness (QED) is 0.678. The zero-order chi connectivity index (χ0) is 7.72. The standard InChI is InChI=1S/C4HF2NO2S/c5-1-2(4(8)9)10-7-3(1)6/h(H,8,9). The van der Waals surface area contributed by atoms with E-state index in [1.807, 2.05) is 0 Å². The average molecular weight is 165 g/mol. The number of aromatic carboxylic acids is 1. The van der Waals surface area contributed by atoms with Gasteiger partial charge in [-0.2, -0.15) is 13.2 Å². The van der Waals surface area contributed by atoms with Crippen LogP contribution in [0, 0.1) is 11.8 Å². The predicted molar refractivity (Wildman–Crippen MR) is 29.0 cm³/mol. The second-order valence-corrected chi connectivity index (χ2v) is 2.20. The van der Waals surface area contributed by atoms with Gasteiger partial charge in [0.2, 0.25) is 5.82 Å². The van der Waals surface area contributed by atoms with E-state index < -0.39 is 22.6 Å². The van der Waals surface area contributed by atoms with Crippen LogP contribution in [0.1, 0.15) is 9.67 Å². The number of nitrogens with zero attached hydrogens (tertiary/aromatic N) is 1. The topological polar surface area (TPSA) is 50.2 Å². The Balaban J connectivity index is 3.17. The van der Waals surface area contributed by atoms with Crippen LogP contribution in [0.3, 0.4) is 0 Å². The Morgan fingerprint density at radius 3 is 2.40 bits per heavy atom. The lowest BCUT2D eigenvalue weighted by Crippen LogP contribution is -1.95. The fraction of sp³-hybridized carbons (Fsp3) is 0. The zero-order valence-corrected chi connectivity index (χ0v) is 5.28. The lowest BCUT2D eigenvalue weighted by Gasteiger charge is -1.81. The van der Waals surface area contributed by atoms with Gasteiger partial charge in [-0.05, 0) is 11.5 Å². The van der Waals surface area contributed by atoms with Crippen molar-refractivity contribution in [3.63, 3.8) is 0 Å². The second kappa shape index (κ2) is 2.30. The normalized spacial score (nSPS) is 9.80. The van der Waals surface area contributed by atoms with E-state index in [1.165, 1.54) is 0 Å². The van der Waals surface area contributed by atoms with Gasteiger partial charge in [-0.15, -0.1) is 0 Å². The molecule has 1 N–H and O–H groups in total. The van der Waals surface area contributed by atoms with Gasteiger partial charge in [0.1, 0.15) is 0 Å². The highest BCUT2D eigenvalue weighted by Crippen LogP contribution is 2.14. The van der Waals surface area contributed by atoms with E-state index in [0.29, 0.717) is 0 Å². The van der Waals surface area contributed by atoms with Gasteiger partial charge < -0.3 is 5.11 Å². The Hall–Kier alpha value is -1.04. The maximum Gasteiger partial charge on any atom is 0.350 e. The zero-order valence-electron chi connectivity index (χ0n) is 4.47. The number of carboxylic acid groups (broad SMARTS) is 1. The molecule has 0 radical (unpaired) electrons. The first-order valence-electron chi connectivity index (χ1n) is 2.17. The van der Waals surface area contributed by atoms with Gasteiger partial charge in [0.05, 0.1) is 0 Å². The van der Waals surface area contributed by atoms with Crippen LogP contribution in [0.5, 0.6) is 0 Å². The van der Waals surface area contributed by atoms with Crippen LogP contribution in [0.25, 0.3) is 0 Å². The molecule has 1 heterocycles. The molecule has 0 saturated heterocycles. The van der Waals surface area contributed by atoms with Crippen LogP contribution in [0.15, 0.2) is 0 Å². The minimum atomic E-state index is -1.50. The lowest BCUT2D eigenvalue weighted by molar-refractivity contribution is 0.0697. The second-order valence-electron chi connectivity index (χ2n) is 1.42. The van der Waals surface area contributed by atoms with Gasteiger partial charge in [-0.25, -0.2) is 4.79 Å². The minimum absolute atomic E-state index is 0.285. The maximum atomic E-state index is 12.2. The molecule has 1 rings (SSSR count). The molecule has 0 fully saturated rings. The molecule has 0 aliphatic rings. The van der Waals surface area contributed by atoms with Crippen LogP contribution in [-0.4, -0.2) is 15.4 Å². The molecule has 10 heavy (non-hydrogen) atoms. The molecule has 0 amide bonds. The third kappa shape index (κ3) is 0.971. The summed E-state index contributed by atoms with van der Waals surface area (Å²) in [6.07, 6.45) is 0. The van der Waals surface area contributed by atoms with Crippen molar-refractivity contribution >= 4 is 17.5 Å². The number of rotatable bonds is 1. The Bertz CT molecular complexity index is 272. The van der Waals surface area contributed by atoms with E-state index in [1.54, 1.807) is 0 Å². The van der Waals surface area contributed by atoms with Crippen molar-refractivity contribution in [2.45, 2.75) is 0 Å². The molecule has 6 heteroatoms. The molecule has 54 valence electrons. The van der Waals surface area contributed by atoms with E-state index in [-0.39, 0.29) is 11.5 Å². The summed E-state index contributed by atoms with van der Waals surface area (Å²) in [6, 6.07) is 0. The number of aromatic nitrogens is 1. The first-order chi connectivity index (χ1) is 4.63. The van der Waals surface area contributed by atoms with Gasteiger partial charge in [0, 0.05) is 0 Å². The predicted octanol–water partition coefficient (Wildman–Crippen LogP) is 1.12. The number of halogens is 2. The summed E-state index contributed by atoms with van der Waals surface area (Å²) in [7, 11) is 0. The monoisotopic (exact) mass is 165 g/mol. The van der Waals surface area contributed by atoms with Crippen molar-refractivity contribution < 1.29 is 18.7 Å². The highest BCUT2D eigenvalue weighted by molar-refractivity contribution is 7.07. The molecule has 1 aromatic rings. The number of hydrogen-bond donors (Lipinski definition) is 1. The smallest absolute Gasteiger partial charge is 0.350 e. The van der Waals surface area contributed by atoms with E-state index in [0.717, 1.165) is 0 Å². The molecule has 0 unspecified atom stereocenters.